The lowest BCUT2D eigenvalue weighted by Gasteiger charge is -2.24. The maximum atomic E-state index is 12.2. The van der Waals surface area contributed by atoms with E-state index in [4.69, 9.17) is 4.74 Å². The summed E-state index contributed by atoms with van der Waals surface area (Å²) in [4.78, 5) is 27.1. The summed E-state index contributed by atoms with van der Waals surface area (Å²) in [6.45, 7) is 3.59. The number of aliphatic imine (C=N–C) groups is 1. The Labute approximate surface area is 140 Å². The van der Waals surface area contributed by atoms with Gasteiger partial charge in [0.1, 0.15) is 6.04 Å². The van der Waals surface area contributed by atoms with E-state index in [0.717, 1.165) is 10.0 Å². The molecule has 122 valence electrons. The number of nitrogens with one attached hydrogen (secondary N) is 2. The fourth-order valence-corrected chi connectivity index (χ4v) is 2.44. The molecule has 1 aromatic carbocycles. The molecule has 0 saturated heterocycles. The molecule has 1 heterocycles. The van der Waals surface area contributed by atoms with Gasteiger partial charge >= 0.3 is 5.97 Å². The van der Waals surface area contributed by atoms with E-state index in [9.17, 15) is 14.9 Å². The van der Waals surface area contributed by atoms with Crippen molar-refractivity contribution in [2.24, 2.45) is 4.99 Å². The number of nitro groups is 1. The Morgan fingerprint density at radius 3 is 2.70 bits per heavy atom. The number of allylic oxidation sites excluding steroid dienone is 1. The summed E-state index contributed by atoms with van der Waals surface area (Å²) in [6.07, 6.45) is 0. The summed E-state index contributed by atoms with van der Waals surface area (Å²) in [5, 5.41) is 12.6. The number of hydrogen-bond acceptors (Lipinski definition) is 6. The summed E-state index contributed by atoms with van der Waals surface area (Å²) in [5.74, 6) is -0.539. The predicted molar refractivity (Wildman–Crippen MR) is 86.9 cm³/mol. The Morgan fingerprint density at radius 1 is 1.48 bits per heavy atom. The molecule has 23 heavy (non-hydrogen) atoms. The molecule has 0 aliphatic carbocycles. The quantitative estimate of drug-likeness (QED) is 0.469. The molecule has 9 heteroatoms. The van der Waals surface area contributed by atoms with E-state index in [0.29, 0.717) is 11.3 Å². The molecule has 0 saturated carbocycles. The summed E-state index contributed by atoms with van der Waals surface area (Å²) < 4.78 is 5.95. The van der Waals surface area contributed by atoms with Crippen molar-refractivity contribution in [2.75, 3.05) is 6.61 Å². The van der Waals surface area contributed by atoms with Crippen molar-refractivity contribution in [1.82, 2.24) is 10.7 Å². The molecule has 2 N–H and O–H groups in total. The standard InChI is InChI=1S/C14H15BrN4O4/c1-3-23-13(20)11-8(2)16-14(18-19(21)22)17-12(11)9-4-6-10(15)7-5-9/h4-7,12H,3H2,1-2H3,(H2,16,17,18)/t12-/m0/s1. The largest absolute Gasteiger partial charge is 0.463 e. The zero-order chi connectivity index (χ0) is 17.0. The Balaban J connectivity index is 2.44. The molecule has 0 spiro atoms. The smallest absolute Gasteiger partial charge is 0.338 e. The predicted octanol–water partition coefficient (Wildman–Crippen LogP) is 2.07. The van der Waals surface area contributed by atoms with Gasteiger partial charge in [-0.1, -0.05) is 33.5 Å². The zero-order valence-corrected chi connectivity index (χ0v) is 14.1. The van der Waals surface area contributed by atoms with E-state index in [1.165, 1.54) is 0 Å². The molecule has 1 aromatic rings. The minimum atomic E-state index is -0.715. The first-order valence-corrected chi connectivity index (χ1v) is 7.61. The number of carbonyl (C=O) groups is 1. The SMILES string of the molecule is CCOC(=O)C1=C(C)NC(N[N+](=O)[O-])=N[C@H]1c1ccc(Br)cc1. The van der Waals surface area contributed by atoms with Crippen LogP contribution in [-0.2, 0) is 9.53 Å². The fraction of sp³-hybridized carbons (Fsp3) is 0.286. The second-order valence-electron chi connectivity index (χ2n) is 4.68. The molecule has 1 aliphatic heterocycles. The number of nitrogens with zero attached hydrogens (tertiary/aromatic N) is 2. The third-order valence-electron chi connectivity index (χ3n) is 3.12. The van der Waals surface area contributed by atoms with Gasteiger partial charge in [-0.25, -0.2) is 19.9 Å². The van der Waals surface area contributed by atoms with Crippen molar-refractivity contribution in [1.29, 1.82) is 0 Å². The van der Waals surface area contributed by atoms with E-state index >= 15 is 0 Å². The van der Waals surface area contributed by atoms with Crippen LogP contribution in [0.1, 0.15) is 25.5 Å². The summed E-state index contributed by atoms with van der Waals surface area (Å²) in [7, 11) is 0. The van der Waals surface area contributed by atoms with Gasteiger partial charge in [0.05, 0.1) is 12.2 Å². The fourth-order valence-electron chi connectivity index (χ4n) is 2.18. The van der Waals surface area contributed by atoms with Gasteiger partial charge < -0.3 is 10.1 Å². The molecular weight excluding hydrogens is 368 g/mol. The van der Waals surface area contributed by atoms with Gasteiger partial charge in [-0.15, -0.1) is 0 Å². The molecule has 0 amide bonds. The lowest BCUT2D eigenvalue weighted by Crippen LogP contribution is -2.43. The maximum Gasteiger partial charge on any atom is 0.338 e. The highest BCUT2D eigenvalue weighted by atomic mass is 79.9. The van der Waals surface area contributed by atoms with Crippen LogP contribution >= 0.6 is 15.9 Å². The summed E-state index contributed by atoms with van der Waals surface area (Å²) in [6, 6.07) is 6.52. The van der Waals surface area contributed by atoms with Gasteiger partial charge in [-0.2, -0.15) is 0 Å². The van der Waals surface area contributed by atoms with Crippen LogP contribution in [0.15, 0.2) is 45.0 Å². The normalized spacial score (nSPS) is 17.2. The van der Waals surface area contributed by atoms with Crippen LogP contribution in [0.4, 0.5) is 0 Å². The highest BCUT2D eigenvalue weighted by Gasteiger charge is 2.31. The average molecular weight is 383 g/mol. The second-order valence-corrected chi connectivity index (χ2v) is 5.60. The van der Waals surface area contributed by atoms with Gasteiger partial charge in [-0.05, 0) is 31.5 Å². The van der Waals surface area contributed by atoms with Crippen molar-refractivity contribution in [2.45, 2.75) is 19.9 Å². The Morgan fingerprint density at radius 2 is 2.13 bits per heavy atom. The van der Waals surface area contributed by atoms with E-state index in [-0.39, 0.29) is 12.6 Å². The molecule has 1 aliphatic rings. The third kappa shape index (κ3) is 4.07. The first-order chi connectivity index (χ1) is 10.9. The maximum absolute atomic E-state index is 12.2. The number of hydrazine groups is 1. The number of benzene rings is 1. The van der Waals surface area contributed by atoms with E-state index in [1.54, 1.807) is 26.0 Å². The highest BCUT2D eigenvalue weighted by Crippen LogP contribution is 2.31. The molecule has 8 nitrogen and oxygen atoms in total. The number of esters is 1. The average Bonchev–Trinajstić information content (AvgIpc) is 2.46. The van der Waals surface area contributed by atoms with Crippen LogP contribution in [-0.4, -0.2) is 23.6 Å². The Hall–Kier alpha value is -2.42. The minimum Gasteiger partial charge on any atom is -0.463 e. The molecule has 0 bridgehead atoms. The molecule has 0 radical (unpaired) electrons. The van der Waals surface area contributed by atoms with Crippen LogP contribution in [0.3, 0.4) is 0 Å². The number of rotatable bonds is 4. The van der Waals surface area contributed by atoms with Gasteiger partial charge in [0, 0.05) is 10.2 Å². The molecule has 0 fully saturated rings. The van der Waals surface area contributed by atoms with Crippen LogP contribution < -0.4 is 10.7 Å². The molecule has 0 aromatic heterocycles. The topological polar surface area (TPSA) is 106 Å². The Bertz CT molecular complexity index is 685. The molecule has 0 unspecified atom stereocenters. The number of hydrogen-bond donors (Lipinski definition) is 2. The summed E-state index contributed by atoms with van der Waals surface area (Å²) in [5.41, 5.74) is 3.48. The van der Waals surface area contributed by atoms with Crippen LogP contribution in [0, 0.1) is 10.1 Å². The number of ether oxygens (including phenoxy) is 1. The molecule has 2 rings (SSSR count). The number of carbonyl (C=O) groups excluding carboxylic acids is 1. The summed E-state index contributed by atoms with van der Waals surface area (Å²) >= 11 is 3.34. The van der Waals surface area contributed by atoms with Crippen molar-refractivity contribution < 1.29 is 14.6 Å². The van der Waals surface area contributed by atoms with Crippen molar-refractivity contribution in [3.8, 4) is 0 Å². The minimum absolute atomic E-state index is 0.0338. The lowest BCUT2D eigenvalue weighted by molar-refractivity contribution is -0.525. The van der Waals surface area contributed by atoms with Crippen molar-refractivity contribution in [3.63, 3.8) is 0 Å². The monoisotopic (exact) mass is 382 g/mol. The second kappa shape index (κ2) is 7.23. The van der Waals surface area contributed by atoms with E-state index in [1.807, 2.05) is 17.6 Å². The van der Waals surface area contributed by atoms with Gasteiger partial charge in [-0.3, -0.25) is 0 Å². The lowest BCUT2D eigenvalue weighted by atomic mass is 9.96. The number of guanidine groups is 1. The van der Waals surface area contributed by atoms with Gasteiger partial charge in [0.15, 0.2) is 5.03 Å². The zero-order valence-electron chi connectivity index (χ0n) is 12.5. The molecular formula is C14H15BrN4O4. The Kier molecular flexibility index (Phi) is 5.32. The highest BCUT2D eigenvalue weighted by molar-refractivity contribution is 9.10. The number of halogens is 1. The van der Waals surface area contributed by atoms with E-state index in [2.05, 4.69) is 26.2 Å². The van der Waals surface area contributed by atoms with Crippen LogP contribution in [0.2, 0.25) is 0 Å². The first-order valence-electron chi connectivity index (χ1n) is 6.81. The molecule has 1 atom stereocenters. The van der Waals surface area contributed by atoms with Crippen LogP contribution in [0.5, 0.6) is 0 Å². The van der Waals surface area contributed by atoms with Crippen molar-refractivity contribution in [3.05, 3.63) is 55.7 Å². The third-order valence-corrected chi connectivity index (χ3v) is 3.65. The van der Waals surface area contributed by atoms with Gasteiger partial charge in [0.2, 0.25) is 0 Å². The van der Waals surface area contributed by atoms with Crippen LogP contribution in [0.25, 0.3) is 0 Å². The van der Waals surface area contributed by atoms with E-state index < -0.39 is 17.0 Å². The van der Waals surface area contributed by atoms with Gasteiger partial charge in [0.25, 0.3) is 5.96 Å². The first kappa shape index (κ1) is 16.9. The van der Waals surface area contributed by atoms with Crippen molar-refractivity contribution >= 4 is 27.9 Å².